The Balaban J connectivity index is 1.95. The number of carbonyl (C=O) groups excluding carboxylic acids is 1. The number of H-pyrrole nitrogens is 1. The average molecular weight is 508 g/mol. The third kappa shape index (κ3) is 4.97. The first-order valence-corrected chi connectivity index (χ1v) is 11.7. The summed E-state index contributed by atoms with van der Waals surface area (Å²) in [6, 6.07) is 11.0. The van der Waals surface area contributed by atoms with Crippen molar-refractivity contribution in [3.05, 3.63) is 68.9 Å². The predicted octanol–water partition coefficient (Wildman–Crippen LogP) is 2.88. The first-order valence-electron chi connectivity index (χ1n) is 9.43. The molecule has 1 heterocycles. The average Bonchev–Trinajstić information content (AvgIpc) is 2.76. The molecule has 1 amide bonds. The number of ether oxygens (including phenoxy) is 1. The lowest BCUT2D eigenvalue weighted by molar-refractivity contribution is 0.0947. The van der Waals surface area contributed by atoms with E-state index in [2.05, 4.69) is 26.2 Å². The molecule has 10 heteroatoms. The minimum atomic E-state index is -3.92. The summed E-state index contributed by atoms with van der Waals surface area (Å²) in [7, 11) is -0.909. The number of aromatic amines is 1. The molecule has 2 aromatic carbocycles. The maximum atomic E-state index is 13.1. The Hall–Kier alpha value is -2.69. The number of nitrogens with one attached hydrogen (secondary N) is 2. The number of carbonyl (C=O) groups is 1. The van der Waals surface area contributed by atoms with Crippen molar-refractivity contribution in [2.45, 2.75) is 11.3 Å². The lowest BCUT2D eigenvalue weighted by atomic mass is 10.1. The van der Waals surface area contributed by atoms with E-state index in [1.165, 1.54) is 31.4 Å². The third-order valence-corrected chi connectivity index (χ3v) is 7.07. The van der Waals surface area contributed by atoms with Crippen molar-refractivity contribution in [2.75, 3.05) is 31.6 Å². The molecule has 1 aromatic heterocycles. The molecule has 2 N–H and O–H groups in total. The van der Waals surface area contributed by atoms with Crippen molar-refractivity contribution in [3.8, 4) is 0 Å². The smallest absolute Gasteiger partial charge is 0.264 e. The highest BCUT2D eigenvalue weighted by Gasteiger charge is 2.23. The van der Waals surface area contributed by atoms with E-state index in [1.54, 1.807) is 31.4 Å². The summed E-state index contributed by atoms with van der Waals surface area (Å²) in [5.41, 5.74) is 0.287. The second-order valence-electron chi connectivity index (χ2n) is 6.79. The van der Waals surface area contributed by atoms with Crippen molar-refractivity contribution >= 4 is 48.5 Å². The van der Waals surface area contributed by atoms with Gasteiger partial charge in [0.05, 0.1) is 10.6 Å². The van der Waals surface area contributed by atoms with Gasteiger partial charge in [-0.2, -0.15) is 0 Å². The molecule has 0 radical (unpaired) electrons. The van der Waals surface area contributed by atoms with Crippen LogP contribution in [0.5, 0.6) is 0 Å². The Morgan fingerprint density at radius 1 is 1.19 bits per heavy atom. The van der Waals surface area contributed by atoms with Gasteiger partial charge >= 0.3 is 0 Å². The van der Waals surface area contributed by atoms with Crippen LogP contribution in [0.4, 0.5) is 5.69 Å². The molecule has 0 bridgehead atoms. The van der Waals surface area contributed by atoms with Crippen molar-refractivity contribution in [2.24, 2.45) is 0 Å². The molecule has 0 aliphatic carbocycles. The summed E-state index contributed by atoms with van der Waals surface area (Å²) in [4.78, 5) is 28.1. The highest BCUT2D eigenvalue weighted by Crippen LogP contribution is 2.25. The van der Waals surface area contributed by atoms with Gasteiger partial charge in [-0.05, 0) is 48.9 Å². The fourth-order valence-corrected chi connectivity index (χ4v) is 4.47. The van der Waals surface area contributed by atoms with Crippen LogP contribution in [-0.2, 0) is 14.8 Å². The molecule has 0 atom stereocenters. The van der Waals surface area contributed by atoms with Gasteiger partial charge in [0.25, 0.3) is 15.9 Å². The normalized spacial score (nSPS) is 11.5. The van der Waals surface area contributed by atoms with Crippen LogP contribution in [0.15, 0.2) is 62.8 Å². The van der Waals surface area contributed by atoms with E-state index in [0.29, 0.717) is 30.8 Å². The van der Waals surface area contributed by atoms with E-state index in [-0.39, 0.29) is 15.8 Å². The summed E-state index contributed by atoms with van der Waals surface area (Å²) in [6.07, 6.45) is 1.94. The number of aromatic nitrogens is 1. The van der Waals surface area contributed by atoms with Crippen LogP contribution >= 0.6 is 15.9 Å². The second-order valence-corrected chi connectivity index (χ2v) is 9.68. The quantitative estimate of drug-likeness (QED) is 0.455. The van der Waals surface area contributed by atoms with Gasteiger partial charge in [-0.1, -0.05) is 15.9 Å². The number of pyridine rings is 1. The van der Waals surface area contributed by atoms with E-state index < -0.39 is 21.4 Å². The van der Waals surface area contributed by atoms with Crippen LogP contribution in [0.3, 0.4) is 0 Å². The van der Waals surface area contributed by atoms with Crippen molar-refractivity contribution in [1.82, 2.24) is 10.3 Å². The van der Waals surface area contributed by atoms with Crippen LogP contribution in [0.2, 0.25) is 0 Å². The van der Waals surface area contributed by atoms with Crippen LogP contribution in [0.25, 0.3) is 10.9 Å². The number of rotatable bonds is 8. The van der Waals surface area contributed by atoms with Crippen molar-refractivity contribution in [3.63, 3.8) is 0 Å². The Morgan fingerprint density at radius 3 is 2.58 bits per heavy atom. The van der Waals surface area contributed by atoms with Crippen molar-refractivity contribution in [1.29, 1.82) is 0 Å². The molecule has 0 unspecified atom stereocenters. The van der Waals surface area contributed by atoms with E-state index in [4.69, 9.17) is 4.74 Å². The molecule has 3 aromatic rings. The Kier molecular flexibility index (Phi) is 7.14. The lowest BCUT2D eigenvalue weighted by Crippen LogP contribution is -2.30. The van der Waals surface area contributed by atoms with E-state index >= 15 is 0 Å². The molecular formula is C21H22BrN3O5S. The molecule has 0 aliphatic heterocycles. The zero-order chi connectivity index (χ0) is 22.6. The molecule has 0 fully saturated rings. The van der Waals surface area contributed by atoms with Gasteiger partial charge in [-0.3, -0.25) is 13.9 Å². The van der Waals surface area contributed by atoms with Gasteiger partial charge in [-0.25, -0.2) is 8.42 Å². The number of halogens is 1. The first-order chi connectivity index (χ1) is 14.8. The highest BCUT2D eigenvalue weighted by atomic mass is 79.9. The molecule has 3 rings (SSSR count). The predicted molar refractivity (Wildman–Crippen MR) is 123 cm³/mol. The Morgan fingerprint density at radius 2 is 1.90 bits per heavy atom. The van der Waals surface area contributed by atoms with Gasteiger partial charge in [0, 0.05) is 48.9 Å². The third-order valence-electron chi connectivity index (χ3n) is 4.76. The fraction of sp³-hybridized carbons (Fsp3) is 0.238. The summed E-state index contributed by atoms with van der Waals surface area (Å²) >= 11 is 3.32. The lowest BCUT2D eigenvalue weighted by Gasteiger charge is -2.19. The van der Waals surface area contributed by atoms with E-state index in [1.807, 2.05) is 0 Å². The van der Waals surface area contributed by atoms with Crippen LogP contribution < -0.4 is 15.1 Å². The Bertz CT molecular complexity index is 1260. The maximum absolute atomic E-state index is 13.1. The fourth-order valence-electron chi connectivity index (χ4n) is 2.99. The molecule has 31 heavy (non-hydrogen) atoms. The Labute approximate surface area is 188 Å². The number of benzene rings is 2. The number of anilines is 1. The second kappa shape index (κ2) is 9.63. The zero-order valence-corrected chi connectivity index (χ0v) is 19.4. The minimum Gasteiger partial charge on any atom is -0.385 e. The summed E-state index contributed by atoms with van der Waals surface area (Å²) < 4.78 is 33.1. The molecule has 0 spiro atoms. The number of nitrogens with zero attached hydrogens (tertiary/aromatic N) is 1. The number of fused-ring (bicyclic) bond motifs is 1. The van der Waals surface area contributed by atoms with Gasteiger partial charge in [0.1, 0.15) is 5.56 Å². The largest absolute Gasteiger partial charge is 0.385 e. The van der Waals surface area contributed by atoms with E-state index in [9.17, 15) is 18.0 Å². The molecule has 0 saturated heterocycles. The standard InChI is InChI=1S/C21H22BrN3O5S/c1-25(15-6-4-14(22)5-7-15)31(28,29)16-8-9-19-17(12-16)20(26)18(13-24-19)21(27)23-10-3-11-30-2/h4-9,12-13H,3,10-11H2,1-2H3,(H,23,27)(H,24,26). The topological polar surface area (TPSA) is 109 Å². The first kappa shape index (κ1) is 23.0. The van der Waals surface area contributed by atoms with Gasteiger partial charge in [0.2, 0.25) is 5.43 Å². The number of hydrogen-bond donors (Lipinski definition) is 2. The SMILES string of the molecule is COCCCNC(=O)c1c[nH]c2ccc(S(=O)(=O)N(C)c3ccc(Br)cc3)cc2c1=O. The molecule has 0 aliphatic rings. The van der Waals surface area contributed by atoms with Gasteiger partial charge in [-0.15, -0.1) is 0 Å². The zero-order valence-electron chi connectivity index (χ0n) is 17.0. The van der Waals surface area contributed by atoms with Crippen molar-refractivity contribution < 1.29 is 17.9 Å². The number of sulfonamides is 1. The van der Waals surface area contributed by atoms with Crippen LogP contribution in [0, 0.1) is 0 Å². The molecular weight excluding hydrogens is 486 g/mol. The van der Waals surface area contributed by atoms with Gasteiger partial charge < -0.3 is 15.0 Å². The van der Waals surface area contributed by atoms with Gasteiger partial charge in [0.15, 0.2) is 0 Å². The van der Waals surface area contributed by atoms with E-state index in [0.717, 1.165) is 8.78 Å². The monoisotopic (exact) mass is 507 g/mol. The maximum Gasteiger partial charge on any atom is 0.264 e. The molecule has 8 nitrogen and oxygen atoms in total. The van der Waals surface area contributed by atoms with Crippen LogP contribution in [-0.4, -0.2) is 46.6 Å². The molecule has 0 saturated carbocycles. The number of hydrogen-bond acceptors (Lipinski definition) is 5. The molecule has 164 valence electrons. The number of amides is 1. The minimum absolute atomic E-state index is 0.0476. The highest BCUT2D eigenvalue weighted by molar-refractivity contribution is 9.10. The number of methoxy groups -OCH3 is 1. The van der Waals surface area contributed by atoms with Crippen LogP contribution in [0.1, 0.15) is 16.8 Å². The summed E-state index contributed by atoms with van der Waals surface area (Å²) in [5.74, 6) is -0.528. The summed E-state index contributed by atoms with van der Waals surface area (Å²) in [5, 5.41) is 2.78. The summed E-state index contributed by atoms with van der Waals surface area (Å²) in [6.45, 7) is 0.845.